The van der Waals surface area contributed by atoms with Gasteiger partial charge >= 0.3 is 0 Å². The Morgan fingerprint density at radius 1 is 0.875 bits per heavy atom. The van der Waals surface area contributed by atoms with Gasteiger partial charge in [-0.15, -0.1) is 0 Å². The highest BCUT2D eigenvalue weighted by atomic mass is 16.5. The molecule has 1 aliphatic heterocycles. The summed E-state index contributed by atoms with van der Waals surface area (Å²) in [6, 6.07) is 16.7. The van der Waals surface area contributed by atoms with Gasteiger partial charge in [0.15, 0.2) is 6.23 Å². The number of hydrogen-bond acceptors (Lipinski definition) is 3. The molecule has 0 N–H and O–H groups in total. The first-order valence-electron chi connectivity index (χ1n) is 10.8. The van der Waals surface area contributed by atoms with Crippen molar-refractivity contribution in [1.29, 1.82) is 0 Å². The molecule has 4 nitrogen and oxygen atoms in total. The maximum Gasteiger partial charge on any atom is 0.173 e. The summed E-state index contributed by atoms with van der Waals surface area (Å²) < 4.78 is 20.2. The van der Waals surface area contributed by atoms with E-state index in [9.17, 15) is 0 Å². The molecule has 2 heterocycles. The Balaban J connectivity index is 1.88. The first kappa shape index (κ1) is 20.3. The molecule has 0 spiro atoms. The van der Waals surface area contributed by atoms with Gasteiger partial charge < -0.3 is 18.8 Å². The highest BCUT2D eigenvalue weighted by Crippen LogP contribution is 2.41. The molecule has 0 bridgehead atoms. The molecule has 162 valence electrons. The second kappa shape index (κ2) is 7.79. The van der Waals surface area contributed by atoms with Crippen molar-refractivity contribution in [3.8, 4) is 17.2 Å². The van der Waals surface area contributed by atoms with Crippen molar-refractivity contribution < 1.29 is 14.2 Å². The van der Waals surface area contributed by atoms with Gasteiger partial charge in [0.05, 0.1) is 30.6 Å². The van der Waals surface area contributed by atoms with Crippen molar-refractivity contribution in [2.45, 2.75) is 27.0 Å². The third-order valence-corrected chi connectivity index (χ3v) is 6.10. The molecule has 0 aliphatic carbocycles. The van der Waals surface area contributed by atoms with Crippen molar-refractivity contribution >= 4 is 34.0 Å². The molecule has 5 rings (SSSR count). The zero-order chi connectivity index (χ0) is 22.4. The first-order valence-corrected chi connectivity index (χ1v) is 10.8. The molecule has 32 heavy (non-hydrogen) atoms. The highest BCUT2D eigenvalue weighted by Gasteiger charge is 2.22. The van der Waals surface area contributed by atoms with Crippen LogP contribution in [0.1, 0.15) is 36.8 Å². The summed E-state index contributed by atoms with van der Waals surface area (Å²) in [6.45, 7) is 6.31. The van der Waals surface area contributed by atoms with Gasteiger partial charge in [-0.2, -0.15) is 0 Å². The first-order chi connectivity index (χ1) is 15.5. The molecule has 1 unspecified atom stereocenters. The predicted octanol–water partition coefficient (Wildman–Crippen LogP) is 7.15. The average Bonchev–Trinajstić information content (AvgIpc) is 3.12. The molecule has 0 fully saturated rings. The van der Waals surface area contributed by atoms with Crippen LogP contribution < -0.4 is 14.2 Å². The largest absolute Gasteiger partial charge is 0.497 e. The van der Waals surface area contributed by atoms with Gasteiger partial charge in [0.2, 0.25) is 0 Å². The highest BCUT2D eigenvalue weighted by molar-refractivity contribution is 6.13. The van der Waals surface area contributed by atoms with Crippen LogP contribution in [0.15, 0.2) is 60.2 Å². The number of benzene rings is 3. The van der Waals surface area contributed by atoms with Crippen LogP contribution in [0.3, 0.4) is 0 Å². The van der Waals surface area contributed by atoms with Crippen molar-refractivity contribution in [2.75, 3.05) is 14.2 Å². The zero-order valence-electron chi connectivity index (χ0n) is 19.1. The summed E-state index contributed by atoms with van der Waals surface area (Å²) in [7, 11) is 3.40. The Labute approximate surface area is 188 Å². The van der Waals surface area contributed by atoms with Gasteiger partial charge in [-0.3, -0.25) is 0 Å². The molecule has 0 saturated heterocycles. The third kappa shape index (κ3) is 3.23. The lowest BCUT2D eigenvalue weighted by Gasteiger charge is -2.21. The number of allylic oxidation sites excluding steroid dienone is 2. The third-order valence-electron chi connectivity index (χ3n) is 6.10. The summed E-state index contributed by atoms with van der Waals surface area (Å²) in [6.07, 6.45) is 6.21. The minimum absolute atomic E-state index is 0.255. The van der Waals surface area contributed by atoms with Crippen LogP contribution in [-0.2, 0) is 0 Å². The Hall–Kier alpha value is -3.66. The second-order valence-electron chi connectivity index (χ2n) is 8.31. The molecule has 3 aromatic carbocycles. The van der Waals surface area contributed by atoms with E-state index >= 15 is 0 Å². The SMILES string of the molecule is COc1ccc2c(c1)OC(C)n1c3ccc(C)cc3c3c(OC)ccc(c31)/C=C/C(C)=C\2. The van der Waals surface area contributed by atoms with E-state index in [4.69, 9.17) is 14.2 Å². The number of rotatable bonds is 2. The van der Waals surface area contributed by atoms with Gasteiger partial charge in [-0.25, -0.2) is 0 Å². The van der Waals surface area contributed by atoms with Crippen LogP contribution in [-0.4, -0.2) is 18.8 Å². The van der Waals surface area contributed by atoms with Crippen molar-refractivity contribution in [3.63, 3.8) is 0 Å². The smallest absolute Gasteiger partial charge is 0.173 e. The number of fused-ring (bicyclic) bond motifs is 4. The maximum atomic E-state index is 6.61. The topological polar surface area (TPSA) is 32.6 Å². The van der Waals surface area contributed by atoms with Crippen molar-refractivity contribution in [1.82, 2.24) is 4.57 Å². The van der Waals surface area contributed by atoms with Gasteiger partial charge in [-0.05, 0) is 68.8 Å². The van der Waals surface area contributed by atoms with Crippen LogP contribution in [0.4, 0.5) is 0 Å². The number of methoxy groups -OCH3 is 2. The monoisotopic (exact) mass is 425 g/mol. The minimum atomic E-state index is -0.255. The Bertz CT molecular complexity index is 1410. The molecular formula is C28H27NO3. The van der Waals surface area contributed by atoms with E-state index < -0.39 is 0 Å². The number of aromatic nitrogens is 1. The second-order valence-corrected chi connectivity index (χ2v) is 8.31. The Morgan fingerprint density at radius 3 is 2.47 bits per heavy atom. The fourth-order valence-corrected chi connectivity index (χ4v) is 4.59. The number of aryl methyl sites for hydroxylation is 1. The molecule has 1 atom stereocenters. The van der Waals surface area contributed by atoms with Gasteiger partial charge in [0, 0.05) is 17.0 Å². The molecule has 0 saturated carbocycles. The average molecular weight is 426 g/mol. The summed E-state index contributed by atoms with van der Waals surface area (Å²) in [5.41, 5.74) is 6.71. The lowest BCUT2D eigenvalue weighted by atomic mass is 10.0. The number of ether oxygens (including phenoxy) is 3. The maximum absolute atomic E-state index is 6.61. The van der Waals surface area contributed by atoms with Crippen LogP contribution in [0, 0.1) is 6.92 Å². The van der Waals surface area contributed by atoms with E-state index in [-0.39, 0.29) is 6.23 Å². The summed E-state index contributed by atoms with van der Waals surface area (Å²) >= 11 is 0. The van der Waals surface area contributed by atoms with Gasteiger partial charge in [0.25, 0.3) is 0 Å². The molecule has 0 radical (unpaired) electrons. The summed E-state index contributed by atoms with van der Waals surface area (Å²) in [4.78, 5) is 0. The van der Waals surface area contributed by atoms with Crippen molar-refractivity contribution in [2.24, 2.45) is 0 Å². The lowest BCUT2D eigenvalue weighted by Crippen LogP contribution is -2.13. The Morgan fingerprint density at radius 2 is 1.69 bits per heavy atom. The standard InChI is InChI=1S/C28H27NO3/c1-17-6-8-20-10-13-25(31-5)27-23-15-18(2)7-12-24(23)29(28(20)27)19(3)32-26-16-22(30-4)11-9-21(26)14-17/h6-16,19H,1-5H3/b8-6+,17-14-. The molecule has 1 aromatic heterocycles. The van der Waals surface area contributed by atoms with Crippen molar-refractivity contribution in [3.05, 3.63) is 76.9 Å². The van der Waals surface area contributed by atoms with Crippen LogP contribution in [0.5, 0.6) is 17.2 Å². The van der Waals surface area contributed by atoms with Crippen LogP contribution >= 0.6 is 0 Å². The van der Waals surface area contributed by atoms with E-state index in [1.54, 1.807) is 14.2 Å². The molecular weight excluding hydrogens is 398 g/mol. The predicted molar refractivity (Wildman–Crippen MR) is 132 cm³/mol. The fraction of sp³-hybridized carbons (Fsp3) is 0.214. The molecule has 1 aliphatic rings. The quantitative estimate of drug-likeness (QED) is 0.342. The molecule has 4 aromatic rings. The zero-order valence-corrected chi connectivity index (χ0v) is 19.1. The van der Waals surface area contributed by atoms with Crippen LogP contribution in [0.25, 0.3) is 34.0 Å². The van der Waals surface area contributed by atoms with E-state index in [2.05, 4.69) is 73.9 Å². The molecule has 4 heteroatoms. The summed E-state index contributed by atoms with van der Waals surface area (Å²) in [5, 5.41) is 2.27. The minimum Gasteiger partial charge on any atom is -0.497 e. The van der Waals surface area contributed by atoms with E-state index in [1.807, 2.05) is 18.2 Å². The van der Waals surface area contributed by atoms with Gasteiger partial charge in [-0.1, -0.05) is 29.4 Å². The van der Waals surface area contributed by atoms with E-state index in [0.717, 1.165) is 55.8 Å². The van der Waals surface area contributed by atoms with E-state index in [0.29, 0.717) is 0 Å². The molecule has 0 amide bonds. The number of nitrogens with zero attached hydrogens (tertiary/aromatic N) is 1. The van der Waals surface area contributed by atoms with E-state index in [1.165, 1.54) is 5.56 Å². The Kier molecular flexibility index (Phi) is 4.93. The van der Waals surface area contributed by atoms with Crippen LogP contribution in [0.2, 0.25) is 0 Å². The lowest BCUT2D eigenvalue weighted by molar-refractivity contribution is 0.161. The fourth-order valence-electron chi connectivity index (χ4n) is 4.59. The number of hydrogen-bond donors (Lipinski definition) is 0. The normalized spacial score (nSPS) is 18.3. The summed E-state index contributed by atoms with van der Waals surface area (Å²) in [5.74, 6) is 2.42. The van der Waals surface area contributed by atoms with Gasteiger partial charge in [0.1, 0.15) is 17.2 Å².